The van der Waals surface area contributed by atoms with Crippen LogP contribution in [-0.2, 0) is 0 Å². The molecule has 2 aliphatic rings. The number of pyridine rings is 1. The number of nitrogens with zero attached hydrogens (tertiary/aromatic N) is 1. The maximum absolute atomic E-state index is 11.7. The Labute approximate surface area is 101 Å². The summed E-state index contributed by atoms with van der Waals surface area (Å²) in [7, 11) is 0. The van der Waals surface area contributed by atoms with Crippen LogP contribution >= 0.6 is 0 Å². The van der Waals surface area contributed by atoms with Crippen molar-refractivity contribution in [3.05, 3.63) is 28.7 Å². The lowest BCUT2D eigenvalue weighted by Gasteiger charge is -2.13. The standard InChI is InChI=1S/C13H18N2O2/c16-12-5-7-15(11-3-4-11)8-13(12)17-9-10-2-1-6-14-10/h5,7-8,10-11,14H,1-4,6,9H2. The predicted octanol–water partition coefficient (Wildman–Crippen LogP) is 1.31. The van der Waals surface area contributed by atoms with E-state index in [1.165, 1.54) is 19.3 Å². The van der Waals surface area contributed by atoms with Crippen molar-refractivity contribution in [2.24, 2.45) is 0 Å². The van der Waals surface area contributed by atoms with Gasteiger partial charge in [-0.2, -0.15) is 0 Å². The Kier molecular flexibility index (Phi) is 2.89. The van der Waals surface area contributed by atoms with E-state index in [2.05, 4.69) is 9.88 Å². The van der Waals surface area contributed by atoms with E-state index in [0.717, 1.165) is 13.0 Å². The summed E-state index contributed by atoms with van der Waals surface area (Å²) in [6, 6.07) is 2.60. The van der Waals surface area contributed by atoms with Crippen LogP contribution < -0.4 is 15.5 Å². The number of hydrogen-bond donors (Lipinski definition) is 1. The molecule has 1 aromatic heterocycles. The van der Waals surface area contributed by atoms with E-state index < -0.39 is 0 Å². The molecule has 4 nitrogen and oxygen atoms in total. The number of rotatable bonds is 4. The minimum absolute atomic E-state index is 0.0140. The number of hydrogen-bond acceptors (Lipinski definition) is 3. The molecule has 0 spiro atoms. The largest absolute Gasteiger partial charge is 0.486 e. The summed E-state index contributed by atoms with van der Waals surface area (Å²) < 4.78 is 7.74. The normalized spacial score (nSPS) is 23.9. The highest BCUT2D eigenvalue weighted by Gasteiger charge is 2.23. The molecule has 1 N–H and O–H groups in total. The van der Waals surface area contributed by atoms with Gasteiger partial charge in [0.05, 0.1) is 6.20 Å². The second-order valence-electron chi connectivity index (χ2n) is 4.96. The first kappa shape index (κ1) is 10.8. The average Bonchev–Trinajstić information content (AvgIpc) is 3.05. The molecule has 1 atom stereocenters. The van der Waals surface area contributed by atoms with Crippen molar-refractivity contribution in [2.45, 2.75) is 37.8 Å². The molecule has 17 heavy (non-hydrogen) atoms. The summed E-state index contributed by atoms with van der Waals surface area (Å²) in [6.07, 6.45) is 8.49. The Morgan fingerprint density at radius 3 is 3.00 bits per heavy atom. The van der Waals surface area contributed by atoms with Gasteiger partial charge < -0.3 is 14.6 Å². The molecule has 1 saturated carbocycles. The Morgan fingerprint density at radius 1 is 1.41 bits per heavy atom. The molecule has 1 aliphatic heterocycles. The van der Waals surface area contributed by atoms with Crippen molar-refractivity contribution in [3.63, 3.8) is 0 Å². The minimum Gasteiger partial charge on any atom is -0.486 e. The first-order valence-corrected chi connectivity index (χ1v) is 6.41. The smallest absolute Gasteiger partial charge is 0.223 e. The molecular weight excluding hydrogens is 216 g/mol. The predicted molar refractivity (Wildman–Crippen MR) is 65.5 cm³/mol. The summed E-state index contributed by atoms with van der Waals surface area (Å²) >= 11 is 0. The molecule has 1 unspecified atom stereocenters. The first-order valence-electron chi connectivity index (χ1n) is 6.41. The zero-order valence-electron chi connectivity index (χ0n) is 9.89. The third-order valence-electron chi connectivity index (χ3n) is 3.48. The Morgan fingerprint density at radius 2 is 2.29 bits per heavy atom. The van der Waals surface area contributed by atoms with Crippen molar-refractivity contribution in [1.82, 2.24) is 9.88 Å². The Balaban J connectivity index is 1.67. The van der Waals surface area contributed by atoms with Crippen LogP contribution in [0.15, 0.2) is 23.3 Å². The fourth-order valence-electron chi connectivity index (χ4n) is 2.28. The fourth-order valence-corrected chi connectivity index (χ4v) is 2.28. The van der Waals surface area contributed by atoms with Gasteiger partial charge in [-0.3, -0.25) is 4.79 Å². The van der Waals surface area contributed by atoms with Gasteiger partial charge >= 0.3 is 0 Å². The molecule has 0 radical (unpaired) electrons. The third kappa shape index (κ3) is 2.52. The number of ether oxygens (including phenoxy) is 1. The summed E-state index contributed by atoms with van der Waals surface area (Å²) in [4.78, 5) is 11.7. The molecule has 0 bridgehead atoms. The summed E-state index contributed by atoms with van der Waals surface area (Å²) in [5, 5.41) is 3.36. The summed E-state index contributed by atoms with van der Waals surface area (Å²) in [5.74, 6) is 0.494. The van der Waals surface area contributed by atoms with Crippen molar-refractivity contribution < 1.29 is 4.74 Å². The van der Waals surface area contributed by atoms with Crippen LogP contribution in [0.2, 0.25) is 0 Å². The average molecular weight is 234 g/mol. The van der Waals surface area contributed by atoms with Crippen LogP contribution in [0, 0.1) is 0 Å². The highest BCUT2D eigenvalue weighted by molar-refractivity contribution is 5.18. The fraction of sp³-hybridized carbons (Fsp3) is 0.615. The molecule has 1 aromatic rings. The lowest BCUT2D eigenvalue weighted by Crippen LogP contribution is -2.29. The molecule has 2 fully saturated rings. The van der Waals surface area contributed by atoms with Crippen molar-refractivity contribution in [1.29, 1.82) is 0 Å². The van der Waals surface area contributed by atoms with Gasteiger partial charge in [0.2, 0.25) is 5.43 Å². The van der Waals surface area contributed by atoms with Crippen LogP contribution in [0.25, 0.3) is 0 Å². The number of nitrogens with one attached hydrogen (secondary N) is 1. The molecule has 1 saturated heterocycles. The van der Waals surface area contributed by atoms with E-state index in [9.17, 15) is 4.79 Å². The Bertz CT molecular complexity index is 445. The van der Waals surface area contributed by atoms with Crippen LogP contribution in [-0.4, -0.2) is 23.8 Å². The first-order chi connectivity index (χ1) is 8.33. The van der Waals surface area contributed by atoms with Crippen LogP contribution in [0.1, 0.15) is 31.7 Å². The molecule has 4 heteroatoms. The lowest BCUT2D eigenvalue weighted by molar-refractivity contribution is 0.272. The molecular formula is C13H18N2O2. The van der Waals surface area contributed by atoms with Gasteiger partial charge in [-0.1, -0.05) is 0 Å². The number of aromatic nitrogens is 1. The lowest BCUT2D eigenvalue weighted by atomic mass is 10.2. The van der Waals surface area contributed by atoms with Gasteiger partial charge in [0.1, 0.15) is 6.61 Å². The zero-order valence-corrected chi connectivity index (χ0v) is 9.89. The van der Waals surface area contributed by atoms with Crippen molar-refractivity contribution in [3.8, 4) is 5.75 Å². The van der Waals surface area contributed by atoms with Crippen LogP contribution in [0.4, 0.5) is 0 Å². The summed E-state index contributed by atoms with van der Waals surface area (Å²) in [6.45, 7) is 1.67. The maximum atomic E-state index is 11.7. The molecule has 0 amide bonds. The van der Waals surface area contributed by atoms with Crippen LogP contribution in [0.3, 0.4) is 0 Å². The van der Waals surface area contributed by atoms with Crippen molar-refractivity contribution >= 4 is 0 Å². The van der Waals surface area contributed by atoms with Gasteiger partial charge in [-0.25, -0.2) is 0 Å². The molecule has 92 valence electrons. The van der Waals surface area contributed by atoms with E-state index in [1.54, 1.807) is 6.07 Å². The zero-order chi connectivity index (χ0) is 11.7. The molecule has 3 rings (SSSR count). The summed E-state index contributed by atoms with van der Waals surface area (Å²) in [5.41, 5.74) is -0.0140. The second kappa shape index (κ2) is 4.53. The van der Waals surface area contributed by atoms with Gasteiger partial charge in [0, 0.05) is 24.3 Å². The molecule has 0 aromatic carbocycles. The minimum atomic E-state index is -0.0140. The van der Waals surface area contributed by atoms with E-state index in [-0.39, 0.29) is 5.43 Å². The second-order valence-corrected chi connectivity index (χ2v) is 4.96. The van der Waals surface area contributed by atoms with Gasteiger partial charge in [-0.15, -0.1) is 0 Å². The van der Waals surface area contributed by atoms with E-state index in [0.29, 0.717) is 24.4 Å². The SMILES string of the molecule is O=c1ccn(C2CC2)cc1OCC1CCCN1. The van der Waals surface area contributed by atoms with E-state index in [1.807, 2.05) is 12.4 Å². The molecule has 2 heterocycles. The van der Waals surface area contributed by atoms with E-state index in [4.69, 9.17) is 4.74 Å². The van der Waals surface area contributed by atoms with Gasteiger partial charge in [0.25, 0.3) is 0 Å². The van der Waals surface area contributed by atoms with Gasteiger partial charge in [0.15, 0.2) is 5.75 Å². The highest BCUT2D eigenvalue weighted by atomic mass is 16.5. The third-order valence-corrected chi connectivity index (χ3v) is 3.48. The van der Waals surface area contributed by atoms with Gasteiger partial charge in [-0.05, 0) is 32.2 Å². The molecule has 1 aliphatic carbocycles. The monoisotopic (exact) mass is 234 g/mol. The highest BCUT2D eigenvalue weighted by Crippen LogP contribution is 2.34. The van der Waals surface area contributed by atoms with Crippen LogP contribution in [0.5, 0.6) is 5.75 Å². The quantitative estimate of drug-likeness (QED) is 0.854. The van der Waals surface area contributed by atoms with Crippen molar-refractivity contribution in [2.75, 3.05) is 13.2 Å². The topological polar surface area (TPSA) is 43.3 Å². The maximum Gasteiger partial charge on any atom is 0.223 e. The van der Waals surface area contributed by atoms with E-state index >= 15 is 0 Å². The Hall–Kier alpha value is -1.29.